The highest BCUT2D eigenvalue weighted by Crippen LogP contribution is 2.39. The number of benzene rings is 2. The molecule has 240 valence electrons. The average Bonchev–Trinajstić information content (AvgIpc) is 2.99. The first kappa shape index (κ1) is 31.7. The number of rotatable bonds is 7. The smallest absolute Gasteiger partial charge is 0.238 e. The van der Waals surface area contributed by atoms with Crippen LogP contribution in [-0.2, 0) is 14.2 Å². The van der Waals surface area contributed by atoms with E-state index in [4.69, 9.17) is 23.4 Å². The lowest BCUT2D eigenvalue weighted by molar-refractivity contribution is -0.323. The number of hydrogen-bond acceptors (Lipinski definition) is 17. The lowest BCUT2D eigenvalue weighted by atomic mass is 9.98. The highest BCUT2D eigenvalue weighted by Gasteiger charge is 2.48. The van der Waals surface area contributed by atoms with Crippen molar-refractivity contribution >= 4 is 11.0 Å². The molecule has 11 N–H and O–H groups in total. The van der Waals surface area contributed by atoms with Gasteiger partial charge in [0.2, 0.25) is 17.5 Å². The molecule has 0 unspecified atom stereocenters. The number of aliphatic hydroxyl groups is 7. The molecule has 0 bridgehead atoms. The summed E-state index contributed by atoms with van der Waals surface area (Å²) in [5.41, 5.74) is -1.40. The van der Waals surface area contributed by atoms with E-state index in [1.807, 2.05) is 0 Å². The molecule has 2 aliphatic rings. The van der Waals surface area contributed by atoms with E-state index in [1.165, 1.54) is 6.07 Å². The minimum absolute atomic E-state index is 0.00648. The first-order valence-corrected chi connectivity index (χ1v) is 13.2. The van der Waals surface area contributed by atoms with Crippen molar-refractivity contribution in [2.45, 2.75) is 61.4 Å². The summed E-state index contributed by atoms with van der Waals surface area (Å²) < 4.78 is 27.4. The Labute approximate surface area is 246 Å². The molecule has 0 amide bonds. The lowest BCUT2D eigenvalue weighted by Gasteiger charge is -2.42. The maximum absolute atomic E-state index is 13.2. The largest absolute Gasteiger partial charge is 0.508 e. The van der Waals surface area contributed by atoms with Gasteiger partial charge in [-0.15, -0.1) is 0 Å². The van der Waals surface area contributed by atoms with Crippen LogP contribution in [0.3, 0.4) is 0 Å². The Morgan fingerprint density at radius 3 is 2.02 bits per heavy atom. The van der Waals surface area contributed by atoms with Crippen LogP contribution in [0.4, 0.5) is 0 Å². The van der Waals surface area contributed by atoms with E-state index in [-0.39, 0.29) is 11.1 Å². The molecule has 2 fully saturated rings. The maximum atomic E-state index is 13.2. The number of aliphatic hydroxyl groups excluding tert-OH is 7. The van der Waals surface area contributed by atoms with Crippen molar-refractivity contribution in [2.24, 2.45) is 0 Å². The van der Waals surface area contributed by atoms with Gasteiger partial charge in [0.25, 0.3) is 0 Å². The zero-order valence-electron chi connectivity index (χ0n) is 22.4. The van der Waals surface area contributed by atoms with Crippen molar-refractivity contribution in [3.8, 4) is 40.1 Å². The van der Waals surface area contributed by atoms with Gasteiger partial charge >= 0.3 is 0 Å². The third-order valence-corrected chi connectivity index (χ3v) is 7.34. The average molecular weight is 627 g/mol. The molecule has 10 atom stereocenters. The Morgan fingerprint density at radius 2 is 1.36 bits per heavy atom. The van der Waals surface area contributed by atoms with Crippen LogP contribution >= 0.6 is 0 Å². The molecule has 17 heteroatoms. The monoisotopic (exact) mass is 626 g/mol. The standard InChI is InChI=1S/C27H30O17/c28-6-14-17(32)20(35)23(38)26(43-14)40-7-15-18(33)21(36)24(39)27(44-15)42-13-5-9(29)4-12-16(13)19(34)22(37)25(41-12)8-1-2-10(30)11(31)3-8/h1-5,14-15,17-18,20-21,23-24,26-33,35-39H,6-7H2/t14-,15-,17-,18-,20+,21+,23-,24-,26+,27-/m1/s1. The Morgan fingerprint density at radius 1 is 0.727 bits per heavy atom. The van der Waals surface area contributed by atoms with Gasteiger partial charge in [-0.2, -0.15) is 0 Å². The zero-order chi connectivity index (χ0) is 32.0. The summed E-state index contributed by atoms with van der Waals surface area (Å²) in [6, 6.07) is 5.29. The third-order valence-electron chi connectivity index (χ3n) is 7.34. The molecule has 0 aliphatic carbocycles. The van der Waals surface area contributed by atoms with Gasteiger partial charge in [-0.1, -0.05) is 0 Å². The fourth-order valence-corrected chi connectivity index (χ4v) is 4.88. The Bertz CT molecular complexity index is 1560. The second-order valence-electron chi connectivity index (χ2n) is 10.3. The molecule has 0 saturated carbocycles. The van der Waals surface area contributed by atoms with E-state index in [0.29, 0.717) is 0 Å². The Kier molecular flexibility index (Phi) is 8.87. The molecule has 0 spiro atoms. The van der Waals surface area contributed by atoms with Crippen LogP contribution in [0.25, 0.3) is 22.3 Å². The van der Waals surface area contributed by atoms with Gasteiger partial charge in [-0.3, -0.25) is 4.79 Å². The van der Waals surface area contributed by atoms with Crippen LogP contribution in [0.15, 0.2) is 39.5 Å². The van der Waals surface area contributed by atoms with E-state index < -0.39 is 120 Å². The first-order chi connectivity index (χ1) is 20.8. The molecule has 2 aliphatic heterocycles. The summed E-state index contributed by atoms with van der Waals surface area (Å²) in [5, 5.41) is 111. The fraction of sp³-hybridized carbons (Fsp3) is 0.444. The van der Waals surface area contributed by atoms with E-state index in [2.05, 4.69) is 0 Å². The summed E-state index contributed by atoms with van der Waals surface area (Å²) in [5.74, 6) is -3.39. The second kappa shape index (κ2) is 12.3. The normalized spacial score (nSPS) is 32.5. The Hall–Kier alpha value is -3.75. The fourth-order valence-electron chi connectivity index (χ4n) is 4.88. The number of fused-ring (bicyclic) bond motifs is 1. The molecule has 44 heavy (non-hydrogen) atoms. The molecule has 1 aromatic heterocycles. The summed E-state index contributed by atoms with van der Waals surface area (Å²) in [7, 11) is 0. The molecule has 5 rings (SSSR count). The van der Waals surface area contributed by atoms with Gasteiger partial charge in [-0.05, 0) is 18.2 Å². The molecule has 0 radical (unpaired) electrons. The van der Waals surface area contributed by atoms with Crippen molar-refractivity contribution in [1.82, 2.24) is 0 Å². The van der Waals surface area contributed by atoms with E-state index >= 15 is 0 Å². The molecular formula is C27H30O17. The van der Waals surface area contributed by atoms with Crippen molar-refractivity contribution in [2.75, 3.05) is 13.2 Å². The molecule has 17 nitrogen and oxygen atoms in total. The van der Waals surface area contributed by atoms with E-state index in [9.17, 15) is 61.0 Å². The predicted octanol–water partition coefficient (Wildman–Crippen LogP) is -2.71. The van der Waals surface area contributed by atoms with Gasteiger partial charge in [-0.25, -0.2) is 0 Å². The summed E-state index contributed by atoms with van der Waals surface area (Å²) >= 11 is 0. The van der Waals surface area contributed by atoms with Crippen molar-refractivity contribution < 1.29 is 79.5 Å². The number of phenolic OH excluding ortho intramolecular Hbond substituents is 3. The van der Waals surface area contributed by atoms with E-state index in [0.717, 1.165) is 24.3 Å². The molecule has 3 aromatic rings. The SMILES string of the molecule is O=c1c(O)c(-c2ccc(O)c(O)c2)oc2cc(O)cc(O[C@@H]3O[C@H](CO[C@H]4O[C@H](CO)[C@@H](O)[C@H](O)[C@H]4O)[C@@H](O)[C@H](O)[C@H]3O)c12. The van der Waals surface area contributed by atoms with Gasteiger partial charge in [0.1, 0.15) is 71.3 Å². The van der Waals surface area contributed by atoms with Crippen LogP contribution in [0.2, 0.25) is 0 Å². The molecule has 2 aromatic carbocycles. The summed E-state index contributed by atoms with van der Waals surface area (Å²) in [6.07, 6.45) is -17.1. The topological polar surface area (TPSA) is 290 Å². The van der Waals surface area contributed by atoms with Crippen molar-refractivity contribution in [1.29, 1.82) is 0 Å². The molecule has 2 saturated heterocycles. The minimum atomic E-state index is -1.94. The zero-order valence-corrected chi connectivity index (χ0v) is 22.4. The minimum Gasteiger partial charge on any atom is -0.508 e. The van der Waals surface area contributed by atoms with Crippen molar-refractivity contribution in [3.63, 3.8) is 0 Å². The van der Waals surface area contributed by atoms with Crippen LogP contribution in [0, 0.1) is 0 Å². The number of phenols is 3. The van der Waals surface area contributed by atoms with Gasteiger partial charge in [0, 0.05) is 17.7 Å². The quantitative estimate of drug-likeness (QED) is 0.119. The van der Waals surface area contributed by atoms with E-state index in [1.54, 1.807) is 0 Å². The highest BCUT2D eigenvalue weighted by atomic mass is 16.7. The Balaban J connectivity index is 1.41. The number of hydrogen-bond donors (Lipinski definition) is 11. The van der Waals surface area contributed by atoms with Gasteiger partial charge in [0.15, 0.2) is 23.5 Å². The van der Waals surface area contributed by atoms with Gasteiger partial charge < -0.3 is 79.5 Å². The van der Waals surface area contributed by atoms with Crippen LogP contribution < -0.4 is 10.2 Å². The highest BCUT2D eigenvalue weighted by molar-refractivity contribution is 5.88. The van der Waals surface area contributed by atoms with Crippen LogP contribution in [-0.4, -0.2) is 131 Å². The van der Waals surface area contributed by atoms with Crippen molar-refractivity contribution in [3.05, 3.63) is 40.6 Å². The summed E-state index contributed by atoms with van der Waals surface area (Å²) in [4.78, 5) is 13.2. The number of aromatic hydroxyl groups is 4. The maximum Gasteiger partial charge on any atom is 0.238 e. The van der Waals surface area contributed by atoms with Gasteiger partial charge in [0.05, 0.1) is 13.2 Å². The van der Waals surface area contributed by atoms with Crippen LogP contribution in [0.1, 0.15) is 0 Å². The third kappa shape index (κ3) is 5.73. The number of ether oxygens (including phenoxy) is 4. The lowest BCUT2D eigenvalue weighted by Crippen LogP contribution is -2.62. The molecule has 3 heterocycles. The summed E-state index contributed by atoms with van der Waals surface area (Å²) in [6.45, 7) is -1.38. The van der Waals surface area contributed by atoms with Crippen LogP contribution in [0.5, 0.6) is 28.7 Å². The first-order valence-electron chi connectivity index (χ1n) is 13.2. The predicted molar refractivity (Wildman–Crippen MR) is 142 cm³/mol. The molecular weight excluding hydrogens is 596 g/mol. The second-order valence-corrected chi connectivity index (χ2v) is 10.3.